The highest BCUT2D eigenvalue weighted by Crippen LogP contribution is 2.42. The van der Waals surface area contributed by atoms with Gasteiger partial charge in [-0.15, -0.1) is 0 Å². The Labute approximate surface area is 217 Å². The third-order valence-electron chi connectivity index (χ3n) is 6.18. The Morgan fingerprint density at radius 3 is 2.21 bits per heavy atom. The smallest absolute Gasteiger partial charge is 0.335 e. The van der Waals surface area contributed by atoms with Crippen LogP contribution in [-0.4, -0.2) is 35.1 Å². The molecule has 0 aromatic heterocycles. The topological polar surface area (TPSA) is 112 Å². The fraction of sp³-hybridized carbons (Fsp3) is 0.0345. The average molecular weight is 505 g/mol. The molecule has 0 bridgehead atoms. The number of fused-ring (bicyclic) bond motifs is 1. The summed E-state index contributed by atoms with van der Waals surface area (Å²) in [5, 5.41) is 18.6. The first-order valence-corrected chi connectivity index (χ1v) is 11.4. The SMILES string of the molecule is [C-]#[N+]C1=C(c2ccccc2)/C(=C\C=C2\Oc3ccc(C(=O)O)cc3N2C)N(c2ccc(C(=O)O)cc2)C1=O. The molecule has 1 amide bonds. The first-order chi connectivity index (χ1) is 18.3. The van der Waals surface area contributed by atoms with Crippen molar-refractivity contribution in [3.63, 3.8) is 0 Å². The van der Waals surface area contributed by atoms with E-state index in [1.54, 1.807) is 54.4 Å². The summed E-state index contributed by atoms with van der Waals surface area (Å²) >= 11 is 0. The molecule has 0 fully saturated rings. The van der Waals surface area contributed by atoms with Gasteiger partial charge >= 0.3 is 11.9 Å². The minimum absolute atomic E-state index is 0.0640. The number of rotatable bonds is 5. The predicted molar refractivity (Wildman–Crippen MR) is 139 cm³/mol. The number of carbonyl (C=O) groups excluding carboxylic acids is 1. The van der Waals surface area contributed by atoms with Gasteiger partial charge in [-0.2, -0.15) is 0 Å². The van der Waals surface area contributed by atoms with E-state index in [0.717, 1.165) is 0 Å². The van der Waals surface area contributed by atoms with Gasteiger partial charge in [0.25, 0.3) is 11.6 Å². The van der Waals surface area contributed by atoms with E-state index in [1.165, 1.54) is 41.3 Å². The summed E-state index contributed by atoms with van der Waals surface area (Å²) in [6.07, 6.45) is 3.29. The first kappa shape index (κ1) is 24.1. The van der Waals surface area contributed by atoms with Crippen LogP contribution in [0.2, 0.25) is 0 Å². The van der Waals surface area contributed by atoms with Gasteiger partial charge in [-0.25, -0.2) is 14.4 Å². The molecular weight excluding hydrogens is 486 g/mol. The van der Waals surface area contributed by atoms with E-state index in [0.29, 0.717) is 39.8 Å². The fourth-order valence-electron chi connectivity index (χ4n) is 4.31. The van der Waals surface area contributed by atoms with Gasteiger partial charge in [0.1, 0.15) is 0 Å². The number of aromatic carboxylic acids is 2. The van der Waals surface area contributed by atoms with Crippen molar-refractivity contribution in [2.75, 3.05) is 16.8 Å². The molecule has 0 atom stereocenters. The van der Waals surface area contributed by atoms with Crippen molar-refractivity contribution in [3.8, 4) is 5.75 Å². The minimum atomic E-state index is -1.10. The summed E-state index contributed by atoms with van der Waals surface area (Å²) in [6.45, 7) is 7.74. The second kappa shape index (κ2) is 9.44. The zero-order valence-corrected chi connectivity index (χ0v) is 20.0. The second-order valence-electron chi connectivity index (χ2n) is 8.40. The molecule has 9 nitrogen and oxygen atoms in total. The number of allylic oxidation sites excluding steroid dienone is 3. The van der Waals surface area contributed by atoms with Crippen LogP contribution in [0.1, 0.15) is 26.3 Å². The number of ether oxygens (including phenoxy) is 1. The van der Waals surface area contributed by atoms with Gasteiger partial charge in [0, 0.05) is 30.1 Å². The van der Waals surface area contributed by atoms with Crippen LogP contribution in [0.5, 0.6) is 5.75 Å². The van der Waals surface area contributed by atoms with Gasteiger partial charge in [0.2, 0.25) is 0 Å². The van der Waals surface area contributed by atoms with E-state index in [1.807, 2.05) is 6.07 Å². The Bertz CT molecular complexity index is 1630. The molecule has 0 unspecified atom stereocenters. The molecular formula is C29H19N3O6. The van der Waals surface area contributed by atoms with Crippen LogP contribution in [0.15, 0.2) is 102 Å². The molecule has 0 saturated carbocycles. The molecule has 3 aromatic carbocycles. The molecule has 9 heteroatoms. The number of carboxylic acids is 2. The standard InChI is InChI=1S/C29H19N3O6/c1-30-26-25(17-6-4-3-5-7-17)21(32(27(26)33)20-11-8-18(9-12-20)28(34)35)13-15-24-31(2)22-16-19(29(36)37)10-14-23(22)38-24/h3-16H,2H3,(H,34,35)(H,36,37)/b21-13+,24-15+. The summed E-state index contributed by atoms with van der Waals surface area (Å²) in [6, 6.07) is 19.4. The number of anilines is 2. The van der Waals surface area contributed by atoms with Crippen molar-refractivity contribution in [2.24, 2.45) is 0 Å². The van der Waals surface area contributed by atoms with Gasteiger partial charge in [0.05, 0.1) is 23.4 Å². The Morgan fingerprint density at radius 1 is 0.921 bits per heavy atom. The number of hydrogen-bond donors (Lipinski definition) is 2. The number of nitrogens with zero attached hydrogens (tertiary/aromatic N) is 3. The second-order valence-corrected chi connectivity index (χ2v) is 8.40. The van der Waals surface area contributed by atoms with E-state index in [9.17, 15) is 24.6 Å². The van der Waals surface area contributed by atoms with E-state index in [2.05, 4.69) is 4.85 Å². The lowest BCUT2D eigenvalue weighted by atomic mass is 10.0. The summed E-state index contributed by atoms with van der Waals surface area (Å²) in [5.41, 5.74) is 2.57. The maximum Gasteiger partial charge on any atom is 0.335 e. The Balaban J connectivity index is 1.62. The van der Waals surface area contributed by atoms with Crippen LogP contribution in [0, 0.1) is 6.57 Å². The number of carbonyl (C=O) groups is 3. The van der Waals surface area contributed by atoms with Crippen LogP contribution in [-0.2, 0) is 4.79 Å². The summed E-state index contributed by atoms with van der Waals surface area (Å²) in [7, 11) is 1.72. The van der Waals surface area contributed by atoms with Crippen LogP contribution in [0.4, 0.5) is 11.4 Å². The normalized spacial score (nSPS) is 16.6. The van der Waals surface area contributed by atoms with E-state index in [4.69, 9.17) is 11.3 Å². The molecule has 0 saturated heterocycles. The molecule has 0 radical (unpaired) electrons. The van der Waals surface area contributed by atoms with Crippen LogP contribution < -0.4 is 14.5 Å². The van der Waals surface area contributed by atoms with Crippen molar-refractivity contribution in [3.05, 3.63) is 130 Å². The van der Waals surface area contributed by atoms with Crippen LogP contribution >= 0.6 is 0 Å². The molecule has 0 spiro atoms. The van der Waals surface area contributed by atoms with Gasteiger partial charge in [-0.1, -0.05) is 30.3 Å². The van der Waals surface area contributed by atoms with Gasteiger partial charge in [-0.3, -0.25) is 9.69 Å². The lowest BCUT2D eigenvalue weighted by Crippen LogP contribution is -2.25. The monoisotopic (exact) mass is 505 g/mol. The van der Waals surface area contributed by atoms with E-state index >= 15 is 0 Å². The third kappa shape index (κ3) is 4.06. The van der Waals surface area contributed by atoms with Crippen molar-refractivity contribution in [1.29, 1.82) is 0 Å². The predicted octanol–water partition coefficient (Wildman–Crippen LogP) is 5.01. The molecule has 2 heterocycles. The number of hydrogen-bond acceptors (Lipinski definition) is 5. The zero-order chi connectivity index (χ0) is 27.0. The highest BCUT2D eigenvalue weighted by molar-refractivity contribution is 6.23. The number of benzene rings is 3. The quantitative estimate of drug-likeness (QED) is 0.469. The maximum atomic E-state index is 13.5. The molecule has 38 heavy (non-hydrogen) atoms. The number of amides is 1. The zero-order valence-electron chi connectivity index (χ0n) is 20.0. The van der Waals surface area contributed by atoms with Crippen molar-refractivity contribution in [2.45, 2.75) is 0 Å². The summed E-state index contributed by atoms with van der Waals surface area (Å²) in [5.74, 6) is -1.83. The molecule has 0 aliphatic carbocycles. The highest BCUT2D eigenvalue weighted by atomic mass is 16.5. The minimum Gasteiger partial charge on any atom is -0.478 e. The van der Waals surface area contributed by atoms with E-state index < -0.39 is 17.8 Å². The average Bonchev–Trinajstić information content (AvgIpc) is 3.40. The summed E-state index contributed by atoms with van der Waals surface area (Å²) < 4.78 is 5.92. The number of carboxylic acid groups (broad SMARTS) is 2. The molecule has 2 aliphatic heterocycles. The molecule has 3 aromatic rings. The lowest BCUT2D eigenvalue weighted by Gasteiger charge is -2.21. The van der Waals surface area contributed by atoms with E-state index in [-0.39, 0.29) is 16.8 Å². The van der Waals surface area contributed by atoms with Crippen LogP contribution in [0.3, 0.4) is 0 Å². The lowest BCUT2D eigenvalue weighted by molar-refractivity contribution is -0.114. The van der Waals surface area contributed by atoms with Crippen molar-refractivity contribution >= 4 is 34.8 Å². The van der Waals surface area contributed by atoms with Crippen molar-refractivity contribution < 1.29 is 29.3 Å². The largest absolute Gasteiger partial charge is 0.478 e. The Kier molecular flexibility index (Phi) is 5.99. The molecule has 2 N–H and O–H groups in total. The maximum absolute atomic E-state index is 13.5. The Hall–Kier alpha value is -5.62. The third-order valence-corrected chi connectivity index (χ3v) is 6.18. The van der Waals surface area contributed by atoms with Gasteiger partial charge in [0.15, 0.2) is 11.6 Å². The first-order valence-electron chi connectivity index (χ1n) is 11.4. The van der Waals surface area contributed by atoms with Gasteiger partial charge in [-0.05, 0) is 54.1 Å². The highest BCUT2D eigenvalue weighted by Gasteiger charge is 2.37. The fourth-order valence-corrected chi connectivity index (χ4v) is 4.31. The molecule has 186 valence electrons. The van der Waals surface area contributed by atoms with Gasteiger partial charge < -0.3 is 19.8 Å². The van der Waals surface area contributed by atoms with Crippen molar-refractivity contribution in [1.82, 2.24) is 0 Å². The van der Waals surface area contributed by atoms with Crippen LogP contribution in [0.25, 0.3) is 10.4 Å². The Morgan fingerprint density at radius 2 is 1.58 bits per heavy atom. The molecule has 2 aliphatic rings. The molecule has 5 rings (SSSR count). The summed E-state index contributed by atoms with van der Waals surface area (Å²) in [4.78, 5) is 42.8.